The van der Waals surface area contributed by atoms with Gasteiger partial charge in [-0.15, -0.1) is 11.6 Å². The molecule has 0 radical (unpaired) electrons. The number of para-hydroxylation sites is 1. The largest absolute Gasteiger partial charge is 0.384 e. The highest BCUT2D eigenvalue weighted by molar-refractivity contribution is 6.20. The third-order valence-corrected chi connectivity index (χ3v) is 3.39. The molecule has 1 heterocycles. The summed E-state index contributed by atoms with van der Waals surface area (Å²) in [6.07, 6.45) is 0. The fourth-order valence-electron chi connectivity index (χ4n) is 2.31. The summed E-state index contributed by atoms with van der Waals surface area (Å²) in [5, 5.41) is 0.306. The Balaban J connectivity index is 2.58. The fraction of sp³-hybridized carbons (Fsp3) is 0.467. The van der Waals surface area contributed by atoms with Gasteiger partial charge in [0.15, 0.2) is 0 Å². The highest BCUT2D eigenvalue weighted by Gasteiger charge is 2.16. The zero-order valence-electron chi connectivity index (χ0n) is 12.0. The van der Waals surface area contributed by atoms with Gasteiger partial charge in [-0.2, -0.15) is 0 Å². The number of hydrogen-bond donors (Lipinski definition) is 0. The van der Waals surface area contributed by atoms with Crippen LogP contribution in [-0.4, -0.2) is 23.3 Å². The number of fused-ring (bicyclic) bond motifs is 1. The topological polar surface area (TPSA) is 44.1 Å². The fourth-order valence-corrected chi connectivity index (χ4v) is 2.48. The van der Waals surface area contributed by atoms with Gasteiger partial charge in [0, 0.05) is 13.7 Å². The van der Waals surface area contributed by atoms with Crippen molar-refractivity contribution in [2.45, 2.75) is 25.8 Å². The van der Waals surface area contributed by atoms with Gasteiger partial charge >= 0.3 is 0 Å². The first-order valence-electron chi connectivity index (χ1n) is 6.67. The van der Waals surface area contributed by atoms with Gasteiger partial charge in [0.1, 0.15) is 5.82 Å². The van der Waals surface area contributed by atoms with Gasteiger partial charge in [0.2, 0.25) is 0 Å². The van der Waals surface area contributed by atoms with Crippen LogP contribution < -0.4 is 5.56 Å². The molecule has 108 valence electrons. The average Bonchev–Trinajstić information content (AvgIpc) is 2.42. The van der Waals surface area contributed by atoms with Crippen LogP contribution in [0.1, 0.15) is 25.0 Å². The SMILES string of the molecule is COCC(C)Cn1c(C(C)Cl)nc2ccccc2c1=O. The van der Waals surface area contributed by atoms with Crippen molar-refractivity contribution in [3.05, 3.63) is 40.4 Å². The van der Waals surface area contributed by atoms with Crippen LogP contribution in [0.4, 0.5) is 0 Å². The molecule has 0 amide bonds. The molecule has 2 rings (SSSR count). The van der Waals surface area contributed by atoms with Gasteiger partial charge in [-0.05, 0) is 25.0 Å². The highest BCUT2D eigenvalue weighted by Crippen LogP contribution is 2.19. The quantitative estimate of drug-likeness (QED) is 0.796. The van der Waals surface area contributed by atoms with Gasteiger partial charge in [-0.1, -0.05) is 19.1 Å². The summed E-state index contributed by atoms with van der Waals surface area (Å²) in [7, 11) is 1.66. The zero-order valence-corrected chi connectivity index (χ0v) is 12.7. The molecule has 0 aliphatic heterocycles. The van der Waals surface area contributed by atoms with Crippen molar-refractivity contribution < 1.29 is 4.74 Å². The summed E-state index contributed by atoms with van der Waals surface area (Å²) >= 11 is 6.19. The van der Waals surface area contributed by atoms with Crippen LogP contribution in [0.2, 0.25) is 0 Å². The number of halogens is 1. The zero-order chi connectivity index (χ0) is 14.7. The monoisotopic (exact) mass is 294 g/mol. The highest BCUT2D eigenvalue weighted by atomic mass is 35.5. The molecule has 0 spiro atoms. The molecule has 20 heavy (non-hydrogen) atoms. The van der Waals surface area contributed by atoms with E-state index in [1.165, 1.54) is 0 Å². The van der Waals surface area contributed by atoms with E-state index in [0.29, 0.717) is 29.9 Å². The average molecular weight is 295 g/mol. The molecular formula is C15H19ClN2O2. The van der Waals surface area contributed by atoms with Gasteiger partial charge in [0.05, 0.1) is 22.9 Å². The molecule has 2 atom stereocenters. The number of benzene rings is 1. The molecule has 2 unspecified atom stereocenters. The predicted molar refractivity (Wildman–Crippen MR) is 81.3 cm³/mol. The minimum absolute atomic E-state index is 0.0407. The molecule has 0 N–H and O–H groups in total. The first kappa shape index (κ1) is 15.0. The maximum absolute atomic E-state index is 12.6. The molecule has 1 aromatic heterocycles. The minimum atomic E-state index is -0.318. The maximum atomic E-state index is 12.6. The van der Waals surface area contributed by atoms with Crippen LogP contribution in [0.5, 0.6) is 0 Å². The standard InChI is InChI=1S/C15H19ClN2O2/c1-10(9-20-3)8-18-14(11(2)16)17-13-7-5-4-6-12(13)15(18)19/h4-7,10-11H,8-9H2,1-3H3. The van der Waals surface area contributed by atoms with Gasteiger partial charge in [-0.3, -0.25) is 9.36 Å². The van der Waals surface area contributed by atoms with Gasteiger partial charge < -0.3 is 4.74 Å². The molecule has 2 aromatic rings. The Kier molecular flexibility index (Phi) is 4.78. The normalized spacial score (nSPS) is 14.4. The second kappa shape index (κ2) is 6.37. The molecule has 0 saturated carbocycles. The molecule has 4 nitrogen and oxygen atoms in total. The predicted octanol–water partition coefficient (Wildman–Crippen LogP) is 2.98. The lowest BCUT2D eigenvalue weighted by Crippen LogP contribution is -2.29. The summed E-state index contributed by atoms with van der Waals surface area (Å²) in [5.41, 5.74) is 0.650. The van der Waals surface area contributed by atoms with Crippen molar-refractivity contribution in [3.63, 3.8) is 0 Å². The molecule has 0 saturated heterocycles. The van der Waals surface area contributed by atoms with Crippen LogP contribution in [0, 0.1) is 5.92 Å². The van der Waals surface area contributed by atoms with Crippen LogP contribution in [0.25, 0.3) is 10.9 Å². The Morgan fingerprint density at radius 1 is 1.35 bits per heavy atom. The van der Waals surface area contributed by atoms with Crippen molar-refractivity contribution in [1.29, 1.82) is 0 Å². The van der Waals surface area contributed by atoms with E-state index in [0.717, 1.165) is 0 Å². The van der Waals surface area contributed by atoms with Crippen molar-refractivity contribution in [2.75, 3.05) is 13.7 Å². The van der Waals surface area contributed by atoms with Crippen molar-refractivity contribution in [3.8, 4) is 0 Å². The number of ether oxygens (including phenoxy) is 1. The Hall–Kier alpha value is -1.39. The summed E-state index contributed by atoms with van der Waals surface area (Å²) in [4.78, 5) is 17.2. The molecule has 5 heteroatoms. The second-order valence-electron chi connectivity index (χ2n) is 5.08. The molecular weight excluding hydrogens is 276 g/mol. The maximum Gasteiger partial charge on any atom is 0.261 e. The first-order chi connectivity index (χ1) is 9.54. The number of methoxy groups -OCH3 is 1. The van der Waals surface area contributed by atoms with E-state index < -0.39 is 0 Å². The molecule has 0 aliphatic carbocycles. The van der Waals surface area contributed by atoms with E-state index in [4.69, 9.17) is 16.3 Å². The lowest BCUT2D eigenvalue weighted by atomic mass is 10.1. The molecule has 0 bridgehead atoms. The second-order valence-corrected chi connectivity index (χ2v) is 5.73. The van der Waals surface area contributed by atoms with E-state index in [1.54, 1.807) is 17.7 Å². The molecule has 0 fully saturated rings. The van der Waals surface area contributed by atoms with Gasteiger partial charge in [0.25, 0.3) is 5.56 Å². The first-order valence-corrected chi connectivity index (χ1v) is 7.10. The molecule has 0 aliphatic rings. The Bertz CT molecular complexity index is 652. The third kappa shape index (κ3) is 3.02. The summed E-state index contributed by atoms with van der Waals surface area (Å²) in [6.45, 7) is 5.01. The van der Waals surface area contributed by atoms with E-state index in [9.17, 15) is 4.79 Å². The van der Waals surface area contributed by atoms with Crippen molar-refractivity contribution in [2.24, 2.45) is 5.92 Å². The minimum Gasteiger partial charge on any atom is -0.384 e. The number of alkyl halides is 1. The van der Waals surface area contributed by atoms with Gasteiger partial charge in [-0.25, -0.2) is 4.98 Å². The lowest BCUT2D eigenvalue weighted by Gasteiger charge is -2.18. The van der Waals surface area contributed by atoms with Crippen molar-refractivity contribution in [1.82, 2.24) is 9.55 Å². The number of rotatable bonds is 5. The molecule has 1 aromatic carbocycles. The summed E-state index contributed by atoms with van der Waals surface area (Å²) in [5.74, 6) is 0.827. The number of nitrogens with zero attached hydrogens (tertiary/aromatic N) is 2. The number of aromatic nitrogens is 2. The van der Waals surface area contributed by atoms with E-state index in [2.05, 4.69) is 4.98 Å². The van der Waals surface area contributed by atoms with Crippen LogP contribution in [-0.2, 0) is 11.3 Å². The lowest BCUT2D eigenvalue weighted by molar-refractivity contribution is 0.150. The van der Waals surface area contributed by atoms with E-state index in [1.807, 2.05) is 32.0 Å². The number of hydrogen-bond acceptors (Lipinski definition) is 3. The van der Waals surface area contributed by atoms with Crippen molar-refractivity contribution >= 4 is 22.5 Å². The van der Waals surface area contributed by atoms with E-state index >= 15 is 0 Å². The Morgan fingerprint density at radius 3 is 2.70 bits per heavy atom. The Labute approximate surface area is 123 Å². The summed E-state index contributed by atoms with van der Waals surface area (Å²) in [6, 6.07) is 7.35. The van der Waals surface area contributed by atoms with Crippen LogP contribution in [0.3, 0.4) is 0 Å². The third-order valence-electron chi connectivity index (χ3n) is 3.19. The summed E-state index contributed by atoms with van der Waals surface area (Å²) < 4.78 is 6.81. The van der Waals surface area contributed by atoms with Crippen LogP contribution >= 0.6 is 11.6 Å². The Morgan fingerprint density at radius 2 is 2.05 bits per heavy atom. The van der Waals surface area contributed by atoms with Crippen LogP contribution in [0.15, 0.2) is 29.1 Å². The smallest absolute Gasteiger partial charge is 0.261 e. The van der Waals surface area contributed by atoms with E-state index in [-0.39, 0.29) is 16.9 Å².